The number of allylic oxidation sites excluding steroid dienone is 1. The van der Waals surface area contributed by atoms with Gasteiger partial charge >= 0.3 is 5.97 Å². The molecule has 5 heteroatoms. The summed E-state index contributed by atoms with van der Waals surface area (Å²) in [5.74, 6) is -0.553. The summed E-state index contributed by atoms with van der Waals surface area (Å²) in [4.78, 5) is 12.3. The number of benzene rings is 1. The third-order valence-electron chi connectivity index (χ3n) is 4.95. The van der Waals surface area contributed by atoms with Gasteiger partial charge in [0.15, 0.2) is 8.32 Å². The molecule has 4 nitrogen and oxygen atoms in total. The molecule has 2 aliphatic rings. The van der Waals surface area contributed by atoms with Gasteiger partial charge in [0.2, 0.25) is 11.5 Å². The number of hydrogen-bond acceptors (Lipinski definition) is 4. The van der Waals surface area contributed by atoms with Crippen molar-refractivity contribution < 1.29 is 18.7 Å². The first-order chi connectivity index (χ1) is 11.8. The average molecular weight is 361 g/mol. The molecule has 1 aliphatic carbocycles. The zero-order valence-corrected chi connectivity index (χ0v) is 16.6. The van der Waals surface area contributed by atoms with E-state index < -0.39 is 20.1 Å². The second-order valence-corrected chi connectivity index (χ2v) is 12.4. The van der Waals surface area contributed by atoms with Gasteiger partial charge < -0.3 is 13.9 Å². The molecule has 3 rings (SSSR count). The number of rotatable bonds is 4. The van der Waals surface area contributed by atoms with Crippen LogP contribution in [0.1, 0.15) is 37.2 Å². The zero-order valence-electron chi connectivity index (χ0n) is 15.6. The third kappa shape index (κ3) is 3.82. The zero-order chi connectivity index (χ0) is 18.1. The minimum absolute atomic E-state index is 0.0979. The van der Waals surface area contributed by atoms with Crippen LogP contribution in [0.5, 0.6) is 0 Å². The Morgan fingerprint density at radius 3 is 2.56 bits per heavy atom. The van der Waals surface area contributed by atoms with Crippen LogP contribution in [0.3, 0.4) is 0 Å². The maximum atomic E-state index is 12.3. The van der Waals surface area contributed by atoms with Crippen LogP contribution in [-0.2, 0) is 18.7 Å². The van der Waals surface area contributed by atoms with Crippen molar-refractivity contribution in [2.24, 2.45) is 5.92 Å². The number of hydrogen-bond donors (Lipinski definition) is 0. The number of fused-ring (bicyclic) bond motifs is 1. The van der Waals surface area contributed by atoms with Gasteiger partial charge in [-0.2, -0.15) is 0 Å². The van der Waals surface area contributed by atoms with E-state index in [-0.39, 0.29) is 17.6 Å². The standard InChI is InChI=1S/C20H28O4Si/c1-22-19(21)18-14-16(15-10-6-5-7-11-15)17-12-8-9-13-20(17,23-18)24-25(2,3)4/h5-7,10-11,14,16-17H,8-9,12-13H2,1-4H3/t16-,17-,20+/m0/s1. The number of carbonyl (C=O) groups excluding carboxylic acids is 1. The fraction of sp³-hybridized carbons (Fsp3) is 0.550. The number of methoxy groups -OCH3 is 1. The molecule has 0 N–H and O–H groups in total. The highest BCUT2D eigenvalue weighted by atomic mass is 28.4. The predicted octanol–water partition coefficient (Wildman–Crippen LogP) is 4.60. The van der Waals surface area contributed by atoms with Crippen LogP contribution >= 0.6 is 0 Å². The van der Waals surface area contributed by atoms with Crippen molar-refractivity contribution in [2.45, 2.75) is 57.0 Å². The summed E-state index contributed by atoms with van der Waals surface area (Å²) >= 11 is 0. The Balaban J connectivity index is 2.07. The van der Waals surface area contributed by atoms with Crippen LogP contribution in [0.4, 0.5) is 0 Å². The van der Waals surface area contributed by atoms with E-state index in [4.69, 9.17) is 13.9 Å². The largest absolute Gasteiger partial charge is 0.463 e. The SMILES string of the molecule is COC(=O)C1=C[C@@H](c2ccccc2)[C@@H]2CCCC[C@]2(O[Si](C)(C)C)O1. The summed E-state index contributed by atoms with van der Waals surface area (Å²) in [6.07, 6.45) is 6.00. The summed E-state index contributed by atoms with van der Waals surface area (Å²) in [5, 5.41) is 0. The maximum Gasteiger partial charge on any atom is 0.373 e. The minimum Gasteiger partial charge on any atom is -0.463 e. The van der Waals surface area contributed by atoms with Gasteiger partial charge in [-0.1, -0.05) is 36.8 Å². The van der Waals surface area contributed by atoms with Crippen LogP contribution in [0.15, 0.2) is 42.2 Å². The minimum atomic E-state index is -1.87. The van der Waals surface area contributed by atoms with Crippen molar-refractivity contribution in [3.05, 3.63) is 47.7 Å². The number of esters is 1. The van der Waals surface area contributed by atoms with Crippen molar-refractivity contribution in [1.82, 2.24) is 0 Å². The Hall–Kier alpha value is -1.59. The highest BCUT2D eigenvalue weighted by Crippen LogP contribution is 2.51. The molecule has 1 aliphatic heterocycles. The van der Waals surface area contributed by atoms with Crippen LogP contribution in [0, 0.1) is 5.92 Å². The summed E-state index contributed by atoms with van der Waals surface area (Å²) in [6, 6.07) is 10.3. The first kappa shape index (κ1) is 18.2. The second kappa shape index (κ2) is 6.96. The fourth-order valence-electron chi connectivity index (χ4n) is 4.10. The molecule has 0 aromatic heterocycles. The molecule has 1 saturated carbocycles. The third-order valence-corrected chi connectivity index (χ3v) is 5.91. The van der Waals surface area contributed by atoms with Crippen molar-refractivity contribution >= 4 is 14.3 Å². The van der Waals surface area contributed by atoms with Crippen molar-refractivity contribution in [3.8, 4) is 0 Å². The summed E-state index contributed by atoms with van der Waals surface area (Å²) < 4.78 is 17.8. The Morgan fingerprint density at radius 1 is 1.20 bits per heavy atom. The van der Waals surface area contributed by atoms with Crippen molar-refractivity contribution in [1.29, 1.82) is 0 Å². The van der Waals surface area contributed by atoms with E-state index in [0.29, 0.717) is 0 Å². The first-order valence-corrected chi connectivity index (χ1v) is 12.5. The Kier molecular flexibility index (Phi) is 5.07. The van der Waals surface area contributed by atoms with E-state index in [2.05, 4.69) is 31.8 Å². The molecule has 0 bridgehead atoms. The number of ether oxygens (including phenoxy) is 2. The lowest BCUT2D eigenvalue weighted by Crippen LogP contribution is -2.55. The Labute approximate surface area is 151 Å². The maximum absolute atomic E-state index is 12.3. The van der Waals surface area contributed by atoms with Crippen LogP contribution in [-0.4, -0.2) is 27.2 Å². The topological polar surface area (TPSA) is 44.8 Å². The summed E-state index contributed by atoms with van der Waals surface area (Å²) in [5.41, 5.74) is 1.20. The van der Waals surface area contributed by atoms with E-state index in [0.717, 1.165) is 25.7 Å². The molecular formula is C20H28O4Si. The van der Waals surface area contributed by atoms with Gasteiger partial charge in [-0.15, -0.1) is 0 Å². The quantitative estimate of drug-likeness (QED) is 0.582. The van der Waals surface area contributed by atoms with E-state index in [1.807, 2.05) is 24.3 Å². The lowest BCUT2D eigenvalue weighted by atomic mass is 9.71. The van der Waals surface area contributed by atoms with Gasteiger partial charge in [0.05, 0.1) is 7.11 Å². The van der Waals surface area contributed by atoms with Crippen LogP contribution < -0.4 is 0 Å². The highest BCUT2D eigenvalue weighted by molar-refractivity contribution is 6.69. The van der Waals surface area contributed by atoms with Crippen molar-refractivity contribution in [2.75, 3.05) is 7.11 Å². The molecule has 0 amide bonds. The lowest BCUT2D eigenvalue weighted by Gasteiger charge is -2.51. The molecule has 1 fully saturated rings. The second-order valence-electron chi connectivity index (χ2n) is 7.94. The lowest BCUT2D eigenvalue weighted by molar-refractivity contribution is -0.230. The molecule has 1 aromatic rings. The Bertz CT molecular complexity index is 649. The van der Waals surface area contributed by atoms with Gasteiger partial charge in [-0.05, 0) is 44.1 Å². The van der Waals surface area contributed by atoms with Gasteiger partial charge in [-0.3, -0.25) is 0 Å². The first-order valence-electron chi connectivity index (χ1n) is 9.09. The summed E-state index contributed by atoms with van der Waals surface area (Å²) in [7, 11) is -0.480. The molecule has 1 heterocycles. The Morgan fingerprint density at radius 2 is 1.92 bits per heavy atom. The van der Waals surface area contributed by atoms with E-state index in [1.54, 1.807) is 0 Å². The van der Waals surface area contributed by atoms with Gasteiger partial charge in [0, 0.05) is 18.3 Å². The van der Waals surface area contributed by atoms with Crippen molar-refractivity contribution in [3.63, 3.8) is 0 Å². The molecule has 0 saturated heterocycles. The van der Waals surface area contributed by atoms with Crippen LogP contribution in [0.25, 0.3) is 0 Å². The van der Waals surface area contributed by atoms with E-state index >= 15 is 0 Å². The number of carbonyl (C=O) groups is 1. The molecule has 1 aromatic carbocycles. The van der Waals surface area contributed by atoms with Gasteiger partial charge in [0.1, 0.15) is 0 Å². The normalized spacial score (nSPS) is 29.2. The van der Waals surface area contributed by atoms with E-state index in [1.165, 1.54) is 12.7 Å². The van der Waals surface area contributed by atoms with Gasteiger partial charge in [-0.25, -0.2) is 4.79 Å². The molecule has 0 unspecified atom stereocenters. The van der Waals surface area contributed by atoms with E-state index in [9.17, 15) is 4.79 Å². The molecule has 136 valence electrons. The smallest absolute Gasteiger partial charge is 0.373 e. The average Bonchev–Trinajstić information content (AvgIpc) is 2.59. The molecule has 0 radical (unpaired) electrons. The summed E-state index contributed by atoms with van der Waals surface area (Å²) in [6.45, 7) is 6.51. The molecule has 25 heavy (non-hydrogen) atoms. The van der Waals surface area contributed by atoms with Crippen LogP contribution in [0.2, 0.25) is 19.6 Å². The molecule has 0 spiro atoms. The monoisotopic (exact) mass is 360 g/mol. The molecular weight excluding hydrogens is 332 g/mol. The predicted molar refractivity (Wildman–Crippen MR) is 99.5 cm³/mol. The van der Waals surface area contributed by atoms with Gasteiger partial charge in [0.25, 0.3) is 0 Å². The fourth-order valence-corrected chi connectivity index (χ4v) is 5.43. The molecule has 3 atom stereocenters. The highest BCUT2D eigenvalue weighted by Gasteiger charge is 2.53.